The number of hydrogen-bond donors (Lipinski definition) is 1. The van der Waals surface area contributed by atoms with Crippen molar-refractivity contribution in [3.63, 3.8) is 0 Å². The van der Waals surface area contributed by atoms with Crippen LogP contribution in [0.4, 0.5) is 0 Å². The largest absolute Gasteiger partial charge is 0.465 e. The van der Waals surface area contributed by atoms with E-state index in [2.05, 4.69) is 15.0 Å². The van der Waals surface area contributed by atoms with Crippen LogP contribution < -0.4 is 5.32 Å². The van der Waals surface area contributed by atoms with Gasteiger partial charge in [0.2, 0.25) is 0 Å². The van der Waals surface area contributed by atoms with Crippen molar-refractivity contribution in [1.82, 2.24) is 10.3 Å². The Morgan fingerprint density at radius 1 is 1.57 bits per heavy atom. The van der Waals surface area contributed by atoms with E-state index >= 15 is 0 Å². The minimum atomic E-state index is -0.327. The first-order valence-corrected chi connectivity index (χ1v) is 4.55. The Morgan fingerprint density at radius 3 is 2.93 bits per heavy atom. The first-order chi connectivity index (χ1) is 6.81. The van der Waals surface area contributed by atoms with Crippen LogP contribution in [0.3, 0.4) is 0 Å². The molecule has 4 nitrogen and oxygen atoms in total. The SMILES string of the molecule is COC(=O)c1cncc(C2CNC2)c1. The molecule has 14 heavy (non-hydrogen) atoms. The number of hydrogen-bond acceptors (Lipinski definition) is 4. The lowest BCUT2D eigenvalue weighted by Crippen LogP contribution is -2.39. The van der Waals surface area contributed by atoms with E-state index in [-0.39, 0.29) is 5.97 Å². The van der Waals surface area contributed by atoms with Crippen molar-refractivity contribution in [2.24, 2.45) is 0 Å². The van der Waals surface area contributed by atoms with Gasteiger partial charge >= 0.3 is 5.97 Å². The van der Waals surface area contributed by atoms with Crippen LogP contribution in [0.2, 0.25) is 0 Å². The summed E-state index contributed by atoms with van der Waals surface area (Å²) in [6.45, 7) is 1.93. The molecule has 1 saturated heterocycles. The zero-order chi connectivity index (χ0) is 9.97. The highest BCUT2D eigenvalue weighted by atomic mass is 16.5. The average Bonchev–Trinajstić information content (AvgIpc) is 2.14. The lowest BCUT2D eigenvalue weighted by Gasteiger charge is -2.27. The normalized spacial score (nSPS) is 16.1. The van der Waals surface area contributed by atoms with Gasteiger partial charge in [0.25, 0.3) is 0 Å². The van der Waals surface area contributed by atoms with E-state index in [0.717, 1.165) is 18.7 Å². The van der Waals surface area contributed by atoms with Gasteiger partial charge in [-0.25, -0.2) is 4.79 Å². The fourth-order valence-electron chi connectivity index (χ4n) is 1.43. The number of carbonyl (C=O) groups is 1. The molecule has 1 aromatic rings. The molecule has 74 valence electrons. The average molecular weight is 192 g/mol. The summed E-state index contributed by atoms with van der Waals surface area (Å²) in [5.41, 5.74) is 1.63. The topological polar surface area (TPSA) is 51.2 Å². The van der Waals surface area contributed by atoms with E-state index in [9.17, 15) is 4.79 Å². The molecule has 0 amide bonds. The molecule has 1 aliphatic rings. The third-order valence-corrected chi connectivity index (χ3v) is 2.43. The maximum absolute atomic E-state index is 11.2. The second-order valence-corrected chi connectivity index (χ2v) is 3.35. The lowest BCUT2D eigenvalue weighted by molar-refractivity contribution is 0.0600. The molecule has 0 spiro atoms. The molecule has 4 heteroatoms. The quantitative estimate of drug-likeness (QED) is 0.695. The van der Waals surface area contributed by atoms with Gasteiger partial charge in [-0.2, -0.15) is 0 Å². The number of ether oxygens (including phenoxy) is 1. The fourth-order valence-corrected chi connectivity index (χ4v) is 1.43. The van der Waals surface area contributed by atoms with Gasteiger partial charge in [-0.05, 0) is 11.6 Å². The number of nitrogens with zero attached hydrogens (tertiary/aromatic N) is 1. The van der Waals surface area contributed by atoms with Crippen molar-refractivity contribution >= 4 is 5.97 Å². The highest BCUT2D eigenvalue weighted by molar-refractivity contribution is 5.89. The zero-order valence-electron chi connectivity index (χ0n) is 7.99. The van der Waals surface area contributed by atoms with Crippen LogP contribution in [0.5, 0.6) is 0 Å². The van der Waals surface area contributed by atoms with E-state index in [1.165, 1.54) is 13.3 Å². The van der Waals surface area contributed by atoms with Crippen LogP contribution >= 0.6 is 0 Å². The minimum absolute atomic E-state index is 0.327. The van der Waals surface area contributed by atoms with Gasteiger partial charge in [0.15, 0.2) is 0 Å². The lowest BCUT2D eigenvalue weighted by atomic mass is 9.94. The molecule has 1 aromatic heterocycles. The highest BCUT2D eigenvalue weighted by Gasteiger charge is 2.20. The molecule has 0 atom stereocenters. The van der Waals surface area contributed by atoms with Crippen LogP contribution in [-0.2, 0) is 4.74 Å². The predicted molar refractivity (Wildman–Crippen MR) is 51.2 cm³/mol. The van der Waals surface area contributed by atoms with Crippen molar-refractivity contribution in [3.8, 4) is 0 Å². The Kier molecular flexibility index (Phi) is 2.45. The van der Waals surface area contributed by atoms with Gasteiger partial charge in [-0.15, -0.1) is 0 Å². The zero-order valence-corrected chi connectivity index (χ0v) is 7.99. The molecule has 0 aromatic carbocycles. The summed E-state index contributed by atoms with van der Waals surface area (Å²) >= 11 is 0. The summed E-state index contributed by atoms with van der Waals surface area (Å²) < 4.78 is 4.63. The Labute approximate surface area is 82.3 Å². The third kappa shape index (κ3) is 1.61. The Bertz CT molecular complexity index is 348. The fraction of sp³-hybridized carbons (Fsp3) is 0.400. The van der Waals surface area contributed by atoms with Crippen LogP contribution in [0.1, 0.15) is 21.8 Å². The minimum Gasteiger partial charge on any atom is -0.465 e. The smallest absolute Gasteiger partial charge is 0.339 e. The molecule has 0 bridgehead atoms. The second-order valence-electron chi connectivity index (χ2n) is 3.35. The molecule has 2 rings (SSSR count). The number of aromatic nitrogens is 1. The number of nitrogens with one attached hydrogen (secondary N) is 1. The Hall–Kier alpha value is -1.42. The van der Waals surface area contributed by atoms with Crippen molar-refractivity contribution in [1.29, 1.82) is 0 Å². The molecule has 0 radical (unpaired) electrons. The second kappa shape index (κ2) is 3.75. The van der Waals surface area contributed by atoms with Crippen molar-refractivity contribution in [2.45, 2.75) is 5.92 Å². The summed E-state index contributed by atoms with van der Waals surface area (Å²) in [7, 11) is 1.37. The third-order valence-electron chi connectivity index (χ3n) is 2.43. The molecule has 0 saturated carbocycles. The number of carbonyl (C=O) groups excluding carboxylic acids is 1. The van der Waals surface area contributed by atoms with E-state index in [1.807, 2.05) is 6.07 Å². The van der Waals surface area contributed by atoms with Gasteiger partial charge in [-0.1, -0.05) is 0 Å². The molecular formula is C10H12N2O2. The van der Waals surface area contributed by atoms with Crippen LogP contribution in [0.25, 0.3) is 0 Å². The number of esters is 1. The number of rotatable bonds is 2. The maximum atomic E-state index is 11.2. The van der Waals surface area contributed by atoms with Crippen LogP contribution in [0, 0.1) is 0 Å². The molecule has 2 heterocycles. The first-order valence-electron chi connectivity index (χ1n) is 4.55. The number of pyridine rings is 1. The summed E-state index contributed by atoms with van der Waals surface area (Å²) in [5, 5.41) is 3.18. The molecule has 0 unspecified atom stereocenters. The maximum Gasteiger partial charge on any atom is 0.339 e. The number of methoxy groups -OCH3 is 1. The van der Waals surface area contributed by atoms with Gasteiger partial charge in [0.1, 0.15) is 0 Å². The van der Waals surface area contributed by atoms with E-state index in [4.69, 9.17) is 0 Å². The van der Waals surface area contributed by atoms with E-state index < -0.39 is 0 Å². The van der Waals surface area contributed by atoms with Gasteiger partial charge in [0, 0.05) is 31.4 Å². The monoisotopic (exact) mass is 192 g/mol. The van der Waals surface area contributed by atoms with Gasteiger partial charge in [-0.3, -0.25) is 4.98 Å². The van der Waals surface area contributed by atoms with E-state index in [1.54, 1.807) is 6.20 Å². The van der Waals surface area contributed by atoms with Crippen LogP contribution in [0.15, 0.2) is 18.5 Å². The summed E-state index contributed by atoms with van der Waals surface area (Å²) in [6, 6.07) is 1.85. The summed E-state index contributed by atoms with van der Waals surface area (Å²) in [5.74, 6) is 0.165. The van der Waals surface area contributed by atoms with Gasteiger partial charge < -0.3 is 10.1 Å². The standard InChI is InChI=1S/C10H12N2O2/c1-14-10(13)8-2-7(3-11-4-8)9-5-12-6-9/h2-4,9,12H,5-6H2,1H3. The molecule has 1 fully saturated rings. The first kappa shape index (κ1) is 9.15. The van der Waals surface area contributed by atoms with E-state index in [0.29, 0.717) is 11.5 Å². The molecular weight excluding hydrogens is 180 g/mol. The molecule has 1 N–H and O–H groups in total. The summed E-state index contributed by atoms with van der Waals surface area (Å²) in [6.07, 6.45) is 3.33. The van der Waals surface area contributed by atoms with Crippen molar-refractivity contribution < 1.29 is 9.53 Å². The Morgan fingerprint density at radius 2 is 2.36 bits per heavy atom. The molecule has 0 aliphatic carbocycles. The van der Waals surface area contributed by atoms with Crippen LogP contribution in [-0.4, -0.2) is 31.2 Å². The Balaban J connectivity index is 2.21. The predicted octanol–water partition coefficient (Wildman–Crippen LogP) is 0.555. The molecule has 1 aliphatic heterocycles. The van der Waals surface area contributed by atoms with Crippen molar-refractivity contribution in [3.05, 3.63) is 29.6 Å². The summed E-state index contributed by atoms with van der Waals surface area (Å²) in [4.78, 5) is 15.2. The highest BCUT2D eigenvalue weighted by Crippen LogP contribution is 2.19. The van der Waals surface area contributed by atoms with Crippen molar-refractivity contribution in [2.75, 3.05) is 20.2 Å². The van der Waals surface area contributed by atoms with Gasteiger partial charge in [0.05, 0.1) is 12.7 Å².